The van der Waals surface area contributed by atoms with Crippen LogP contribution >= 0.6 is 0 Å². The lowest BCUT2D eigenvalue weighted by molar-refractivity contribution is -0.395. The van der Waals surface area contributed by atoms with Crippen molar-refractivity contribution in [3.8, 4) is 0 Å². The molecule has 0 amide bonds. The van der Waals surface area contributed by atoms with Gasteiger partial charge in [-0.15, -0.1) is 0 Å². The quantitative estimate of drug-likeness (QED) is 0.784. The van der Waals surface area contributed by atoms with Crippen molar-refractivity contribution in [1.29, 1.82) is 0 Å². The fourth-order valence-corrected chi connectivity index (χ4v) is 4.41. The Hall–Kier alpha value is -1.86. The highest BCUT2D eigenvalue weighted by Gasteiger charge is 2.60. The van der Waals surface area contributed by atoms with Crippen molar-refractivity contribution in [2.75, 3.05) is 13.2 Å². The van der Waals surface area contributed by atoms with Gasteiger partial charge >= 0.3 is 0 Å². The molecule has 6 nitrogen and oxygen atoms in total. The molecule has 28 heavy (non-hydrogen) atoms. The van der Waals surface area contributed by atoms with Crippen LogP contribution in [0.5, 0.6) is 0 Å². The third-order valence-corrected chi connectivity index (χ3v) is 6.31. The molecule has 0 aromatic heterocycles. The predicted molar refractivity (Wildman–Crippen MR) is 101 cm³/mol. The molecule has 0 radical (unpaired) electrons. The number of ether oxygens (including phenoxy) is 3. The zero-order valence-electron chi connectivity index (χ0n) is 16.4. The largest absolute Gasteiger partial charge is 0.385 e. The summed E-state index contributed by atoms with van der Waals surface area (Å²) >= 11 is 0. The van der Waals surface area contributed by atoms with Crippen LogP contribution in [0.25, 0.3) is 6.08 Å². The van der Waals surface area contributed by atoms with E-state index in [9.17, 15) is 14.7 Å². The van der Waals surface area contributed by atoms with Crippen molar-refractivity contribution in [2.45, 2.75) is 51.8 Å². The minimum Gasteiger partial charge on any atom is -0.385 e. The molecule has 2 saturated carbocycles. The smallest absolute Gasteiger partial charge is 0.281 e. The summed E-state index contributed by atoms with van der Waals surface area (Å²) in [6.45, 7) is 5.61. The van der Waals surface area contributed by atoms with E-state index in [-0.39, 0.29) is 23.6 Å². The Balaban J connectivity index is 1.48. The molecule has 1 aliphatic heterocycles. The average molecular weight is 386 g/mol. The second-order valence-electron chi connectivity index (χ2n) is 8.14. The number of allylic oxidation sites excluding steroid dienone is 1. The molecule has 6 heteroatoms. The highest BCUT2D eigenvalue weighted by molar-refractivity contribution is 6.12. The van der Waals surface area contributed by atoms with Gasteiger partial charge in [-0.2, -0.15) is 0 Å². The van der Waals surface area contributed by atoms with Gasteiger partial charge in [-0.05, 0) is 37.0 Å². The number of rotatable bonds is 5. The normalized spacial score (nSPS) is 37.2. The van der Waals surface area contributed by atoms with Crippen LogP contribution in [0.1, 0.15) is 50.8 Å². The number of hydrogen-bond acceptors (Lipinski definition) is 6. The standard InChI is InChI=1S/C22H26O6/c1-4-26-22(3)27-12-17(23)19(28-22)18(24)14-7-5-13(6-8-14)11-15-16-9-10-21(16,2)20(15)25/h5-8,11,16,18-19,24H,4,9-10,12H2,1-3H3/b15-11+. The maximum absolute atomic E-state index is 12.3. The molecule has 1 heterocycles. The van der Waals surface area contributed by atoms with Crippen LogP contribution in [0.15, 0.2) is 29.8 Å². The number of aliphatic hydroxyl groups is 1. The Morgan fingerprint density at radius 2 is 2.00 bits per heavy atom. The van der Waals surface area contributed by atoms with E-state index in [4.69, 9.17) is 14.2 Å². The topological polar surface area (TPSA) is 82.1 Å². The first kappa shape index (κ1) is 19.5. The molecule has 5 unspecified atom stereocenters. The number of Topliss-reactive ketones (excluding diaryl/α,β-unsaturated/α-hetero) is 2. The van der Waals surface area contributed by atoms with Crippen LogP contribution in [0.3, 0.4) is 0 Å². The Bertz CT molecular complexity index is 828. The van der Waals surface area contributed by atoms with E-state index in [1.54, 1.807) is 26.0 Å². The van der Waals surface area contributed by atoms with Gasteiger partial charge in [0.2, 0.25) is 0 Å². The van der Waals surface area contributed by atoms with Gasteiger partial charge in [0.05, 0.1) is 0 Å². The Labute approximate surface area is 164 Å². The lowest BCUT2D eigenvalue weighted by atomic mass is 9.45. The zero-order valence-corrected chi connectivity index (χ0v) is 16.4. The van der Waals surface area contributed by atoms with Gasteiger partial charge in [0, 0.05) is 30.4 Å². The summed E-state index contributed by atoms with van der Waals surface area (Å²) in [7, 11) is 0. The SMILES string of the molecule is CCOC1(C)OCC(=O)C(C(O)c2ccc(/C=C3/C(=O)C4(C)CCC34)cc2)O1. The third-order valence-electron chi connectivity index (χ3n) is 6.31. The number of carbonyl (C=O) groups excluding carboxylic acids is 2. The van der Waals surface area contributed by atoms with Crippen molar-refractivity contribution >= 4 is 17.6 Å². The maximum atomic E-state index is 12.3. The van der Waals surface area contributed by atoms with Crippen molar-refractivity contribution in [3.05, 3.63) is 41.0 Å². The van der Waals surface area contributed by atoms with Gasteiger partial charge in [-0.3, -0.25) is 9.59 Å². The summed E-state index contributed by atoms with van der Waals surface area (Å²) in [6.07, 6.45) is 1.81. The molecule has 0 spiro atoms. The number of fused-ring (bicyclic) bond motifs is 1. The molecule has 4 rings (SSSR count). The first-order valence-electron chi connectivity index (χ1n) is 9.80. The number of benzene rings is 1. The van der Waals surface area contributed by atoms with Gasteiger partial charge in [0.25, 0.3) is 5.97 Å². The molecular formula is C22H26O6. The van der Waals surface area contributed by atoms with E-state index in [0.29, 0.717) is 18.1 Å². The second-order valence-corrected chi connectivity index (χ2v) is 8.14. The second kappa shape index (κ2) is 6.88. The molecule has 1 saturated heterocycles. The van der Waals surface area contributed by atoms with Crippen LogP contribution in [0.2, 0.25) is 0 Å². The fraction of sp³-hybridized carbons (Fsp3) is 0.545. The number of ketones is 2. The number of hydrogen-bond donors (Lipinski definition) is 1. The highest BCUT2D eigenvalue weighted by atomic mass is 16.9. The Morgan fingerprint density at radius 1 is 1.29 bits per heavy atom. The minimum absolute atomic E-state index is 0.129. The summed E-state index contributed by atoms with van der Waals surface area (Å²) in [5, 5.41) is 10.7. The highest BCUT2D eigenvalue weighted by Crippen LogP contribution is 2.61. The summed E-state index contributed by atoms with van der Waals surface area (Å²) in [4.78, 5) is 24.5. The summed E-state index contributed by atoms with van der Waals surface area (Å²) < 4.78 is 16.3. The average Bonchev–Trinajstić information content (AvgIpc) is 2.68. The summed E-state index contributed by atoms with van der Waals surface area (Å²) in [5.74, 6) is -1.04. The fourth-order valence-electron chi connectivity index (χ4n) is 4.41. The van der Waals surface area contributed by atoms with Crippen LogP contribution in [0, 0.1) is 11.3 Å². The Kier molecular flexibility index (Phi) is 4.78. The number of carbonyl (C=O) groups is 2. The van der Waals surface area contributed by atoms with Gasteiger partial charge in [0.1, 0.15) is 12.7 Å². The van der Waals surface area contributed by atoms with Crippen LogP contribution < -0.4 is 0 Å². The first-order valence-corrected chi connectivity index (χ1v) is 9.80. The number of aliphatic hydroxyl groups excluding tert-OH is 1. The van der Waals surface area contributed by atoms with E-state index in [1.165, 1.54) is 0 Å². The Morgan fingerprint density at radius 3 is 2.57 bits per heavy atom. The van der Waals surface area contributed by atoms with Crippen LogP contribution in [0.4, 0.5) is 0 Å². The molecule has 150 valence electrons. The first-order chi connectivity index (χ1) is 13.3. The molecule has 1 aromatic rings. The summed E-state index contributed by atoms with van der Waals surface area (Å²) in [5.41, 5.74) is 2.24. The van der Waals surface area contributed by atoms with Gasteiger partial charge in [0.15, 0.2) is 17.7 Å². The van der Waals surface area contributed by atoms with Gasteiger partial charge in [-0.1, -0.05) is 31.2 Å². The lowest BCUT2D eigenvalue weighted by Crippen LogP contribution is -2.57. The van der Waals surface area contributed by atoms with E-state index in [1.807, 2.05) is 25.1 Å². The van der Waals surface area contributed by atoms with Crippen molar-refractivity contribution in [1.82, 2.24) is 0 Å². The molecular weight excluding hydrogens is 360 g/mol. The van der Waals surface area contributed by atoms with E-state index in [0.717, 1.165) is 24.0 Å². The molecule has 3 aliphatic rings. The van der Waals surface area contributed by atoms with Crippen molar-refractivity contribution < 1.29 is 28.9 Å². The lowest BCUT2D eigenvalue weighted by Gasteiger charge is -2.56. The predicted octanol–water partition coefficient (Wildman–Crippen LogP) is 2.80. The molecule has 5 atom stereocenters. The van der Waals surface area contributed by atoms with Crippen molar-refractivity contribution in [2.24, 2.45) is 11.3 Å². The molecule has 0 bridgehead atoms. The molecule has 1 N–H and O–H groups in total. The molecule has 1 aromatic carbocycles. The maximum Gasteiger partial charge on any atom is 0.281 e. The molecule has 3 fully saturated rings. The van der Waals surface area contributed by atoms with Gasteiger partial charge in [-0.25, -0.2) is 0 Å². The van der Waals surface area contributed by atoms with Gasteiger partial charge < -0.3 is 19.3 Å². The van der Waals surface area contributed by atoms with Crippen LogP contribution in [-0.2, 0) is 23.8 Å². The van der Waals surface area contributed by atoms with Crippen LogP contribution in [-0.4, -0.2) is 42.0 Å². The zero-order chi connectivity index (χ0) is 20.1. The summed E-state index contributed by atoms with van der Waals surface area (Å²) in [6, 6.07) is 7.20. The van der Waals surface area contributed by atoms with E-state index in [2.05, 4.69) is 0 Å². The minimum atomic E-state index is -1.35. The molecule has 2 aliphatic carbocycles. The third kappa shape index (κ3) is 3.05. The monoisotopic (exact) mass is 386 g/mol. The van der Waals surface area contributed by atoms with E-state index < -0.39 is 18.2 Å². The van der Waals surface area contributed by atoms with E-state index >= 15 is 0 Å². The van der Waals surface area contributed by atoms with Crippen molar-refractivity contribution in [3.63, 3.8) is 0 Å².